The van der Waals surface area contributed by atoms with Gasteiger partial charge in [0.15, 0.2) is 5.65 Å². The van der Waals surface area contributed by atoms with Crippen molar-refractivity contribution < 1.29 is 27.4 Å². The largest absolute Gasteiger partial charge is 0.389 e. The summed E-state index contributed by atoms with van der Waals surface area (Å²) in [5.74, 6) is -1.44. The average molecular weight is 412 g/mol. The number of carbonyl (C=O) groups is 2. The van der Waals surface area contributed by atoms with Crippen molar-refractivity contribution in [3.05, 3.63) is 35.4 Å². The summed E-state index contributed by atoms with van der Waals surface area (Å²) in [5, 5.41) is 15.7. The number of rotatable bonds is 7. The highest BCUT2D eigenvalue weighted by Crippen LogP contribution is 2.21. The van der Waals surface area contributed by atoms with Crippen LogP contribution < -0.4 is 16.4 Å². The smallest absolute Gasteiger partial charge is 0.379 e. The van der Waals surface area contributed by atoms with E-state index in [4.69, 9.17) is 5.73 Å². The van der Waals surface area contributed by atoms with Crippen LogP contribution in [0.2, 0.25) is 0 Å². The molecule has 0 fully saturated rings. The van der Waals surface area contributed by atoms with Gasteiger partial charge in [-0.2, -0.15) is 18.3 Å². The van der Waals surface area contributed by atoms with Gasteiger partial charge in [-0.1, -0.05) is 0 Å². The molecule has 3 heterocycles. The van der Waals surface area contributed by atoms with Crippen LogP contribution in [0.15, 0.2) is 23.1 Å². The van der Waals surface area contributed by atoms with Gasteiger partial charge in [-0.3, -0.25) is 9.59 Å². The molecule has 11 nitrogen and oxygen atoms in total. The van der Waals surface area contributed by atoms with E-state index in [9.17, 15) is 22.8 Å². The summed E-state index contributed by atoms with van der Waals surface area (Å²) in [4.78, 5) is 27.7. The number of imidazole rings is 1. The molecule has 2 amide bonds. The van der Waals surface area contributed by atoms with E-state index in [1.165, 1.54) is 10.7 Å². The Morgan fingerprint density at radius 2 is 2.00 bits per heavy atom. The second-order valence-corrected chi connectivity index (χ2v) is 5.97. The van der Waals surface area contributed by atoms with Crippen LogP contribution >= 0.6 is 0 Å². The average Bonchev–Trinajstić information content (AvgIpc) is 3.27. The van der Waals surface area contributed by atoms with Gasteiger partial charge >= 0.3 is 6.18 Å². The summed E-state index contributed by atoms with van der Waals surface area (Å²) < 4.78 is 42.2. The first-order chi connectivity index (χ1) is 13.7. The predicted octanol–water partition coefficient (Wildman–Crippen LogP) is 0.583. The van der Waals surface area contributed by atoms with Gasteiger partial charge in [-0.15, -0.1) is 0 Å². The summed E-state index contributed by atoms with van der Waals surface area (Å²) in [6.07, 6.45) is -3.18. The molecule has 0 aliphatic rings. The minimum atomic E-state index is -4.38. The summed E-state index contributed by atoms with van der Waals surface area (Å²) in [5.41, 5.74) is 6.76. The second-order valence-electron chi connectivity index (χ2n) is 5.97. The topological polar surface area (TPSA) is 153 Å². The molecule has 3 aromatic heterocycles. The Morgan fingerprint density at radius 1 is 1.21 bits per heavy atom. The standard InChI is InChI=1S/C15H15F3N8O3/c16-15(17,18)2-1-11(27)20-4-8-3-10-23-9(7-26(10)22-5-8)6-21-14(28)12-13(19)25-29-24-12/h3,5,7H,1-2,4,6H2,(H2,19,25)(H,20,27)(H,21,28). The highest BCUT2D eigenvalue weighted by atomic mass is 19.4. The third-order valence-corrected chi connectivity index (χ3v) is 3.71. The number of fused-ring (bicyclic) bond motifs is 1. The number of nitrogens with zero attached hydrogens (tertiary/aromatic N) is 5. The monoisotopic (exact) mass is 412 g/mol. The lowest BCUT2D eigenvalue weighted by atomic mass is 10.2. The fourth-order valence-corrected chi connectivity index (χ4v) is 2.30. The highest BCUT2D eigenvalue weighted by Gasteiger charge is 2.27. The minimum absolute atomic E-state index is 0.0115. The van der Waals surface area contributed by atoms with Gasteiger partial charge in [0.25, 0.3) is 5.91 Å². The van der Waals surface area contributed by atoms with Gasteiger partial charge in [-0.25, -0.2) is 14.1 Å². The molecule has 0 aliphatic heterocycles. The zero-order valence-electron chi connectivity index (χ0n) is 14.7. The highest BCUT2D eigenvalue weighted by molar-refractivity contribution is 5.95. The zero-order valence-corrected chi connectivity index (χ0v) is 14.7. The minimum Gasteiger partial charge on any atom is -0.379 e. The van der Waals surface area contributed by atoms with Crippen molar-refractivity contribution in [2.75, 3.05) is 5.73 Å². The molecule has 0 aliphatic carbocycles. The number of halogens is 3. The van der Waals surface area contributed by atoms with Crippen molar-refractivity contribution in [1.82, 2.24) is 35.5 Å². The molecule has 3 aromatic rings. The molecule has 29 heavy (non-hydrogen) atoms. The van der Waals surface area contributed by atoms with E-state index in [0.717, 1.165) is 0 Å². The van der Waals surface area contributed by atoms with Crippen LogP contribution in [0.3, 0.4) is 0 Å². The van der Waals surface area contributed by atoms with Crippen LogP contribution in [0.5, 0.6) is 0 Å². The van der Waals surface area contributed by atoms with Crippen LogP contribution in [-0.4, -0.2) is 42.9 Å². The number of carbonyl (C=O) groups excluding carboxylic acids is 2. The molecule has 0 saturated carbocycles. The lowest BCUT2D eigenvalue weighted by molar-refractivity contribution is -0.144. The molecule has 154 valence electrons. The number of amides is 2. The molecule has 0 radical (unpaired) electrons. The van der Waals surface area contributed by atoms with Crippen LogP contribution in [0, 0.1) is 0 Å². The van der Waals surface area contributed by atoms with Crippen molar-refractivity contribution in [3.8, 4) is 0 Å². The first-order valence-electron chi connectivity index (χ1n) is 8.24. The van der Waals surface area contributed by atoms with Crippen molar-refractivity contribution in [2.24, 2.45) is 0 Å². The molecule has 0 atom stereocenters. The Bertz CT molecular complexity index is 1030. The maximum Gasteiger partial charge on any atom is 0.389 e. The molecule has 3 rings (SSSR count). The quantitative estimate of drug-likeness (QED) is 0.509. The van der Waals surface area contributed by atoms with E-state index in [1.54, 1.807) is 12.3 Å². The van der Waals surface area contributed by atoms with Crippen LogP contribution in [-0.2, 0) is 17.9 Å². The van der Waals surface area contributed by atoms with Gasteiger partial charge in [0.05, 0.1) is 31.1 Å². The Labute approximate surface area is 160 Å². The van der Waals surface area contributed by atoms with E-state index < -0.39 is 30.8 Å². The van der Waals surface area contributed by atoms with Crippen molar-refractivity contribution in [1.29, 1.82) is 0 Å². The number of alkyl halides is 3. The Kier molecular flexibility index (Phi) is 5.61. The first-order valence-corrected chi connectivity index (χ1v) is 8.24. The van der Waals surface area contributed by atoms with E-state index in [1.807, 2.05) is 0 Å². The number of nitrogens with one attached hydrogen (secondary N) is 2. The third kappa shape index (κ3) is 5.40. The zero-order chi connectivity index (χ0) is 21.0. The third-order valence-electron chi connectivity index (χ3n) is 3.71. The second kappa shape index (κ2) is 8.12. The Hall–Kier alpha value is -3.71. The molecular weight excluding hydrogens is 397 g/mol. The van der Waals surface area contributed by atoms with Gasteiger partial charge < -0.3 is 16.4 Å². The number of aromatic nitrogens is 5. The van der Waals surface area contributed by atoms with E-state index in [2.05, 4.69) is 35.7 Å². The van der Waals surface area contributed by atoms with E-state index in [-0.39, 0.29) is 24.6 Å². The van der Waals surface area contributed by atoms with Gasteiger partial charge in [-0.05, 0) is 21.9 Å². The predicted molar refractivity (Wildman–Crippen MR) is 90.0 cm³/mol. The maximum absolute atomic E-state index is 12.1. The summed E-state index contributed by atoms with van der Waals surface area (Å²) in [6.45, 7) is 0.0650. The molecule has 0 spiro atoms. The van der Waals surface area contributed by atoms with E-state index in [0.29, 0.717) is 16.9 Å². The van der Waals surface area contributed by atoms with Crippen molar-refractivity contribution in [2.45, 2.75) is 32.1 Å². The van der Waals surface area contributed by atoms with Crippen LogP contribution in [0.4, 0.5) is 19.0 Å². The molecule has 0 saturated heterocycles. The SMILES string of the molecule is Nc1nonc1C(=O)NCc1cn2ncc(CNC(=O)CCC(F)(F)F)cc2n1. The summed E-state index contributed by atoms with van der Waals surface area (Å²) in [7, 11) is 0. The fraction of sp³-hybridized carbons (Fsp3) is 0.333. The summed E-state index contributed by atoms with van der Waals surface area (Å²) in [6, 6.07) is 1.61. The molecule has 0 aromatic carbocycles. The normalized spacial score (nSPS) is 11.6. The van der Waals surface area contributed by atoms with Crippen LogP contribution in [0.25, 0.3) is 5.65 Å². The molecule has 4 N–H and O–H groups in total. The first kappa shape index (κ1) is 20.0. The lowest BCUT2D eigenvalue weighted by Gasteiger charge is -2.07. The summed E-state index contributed by atoms with van der Waals surface area (Å²) >= 11 is 0. The van der Waals surface area contributed by atoms with Gasteiger partial charge in [0.2, 0.25) is 17.4 Å². The number of hydrogen-bond acceptors (Lipinski definition) is 8. The van der Waals surface area contributed by atoms with Gasteiger partial charge in [0, 0.05) is 13.0 Å². The van der Waals surface area contributed by atoms with Crippen LogP contribution in [0.1, 0.15) is 34.6 Å². The molecular formula is C15H15F3N8O3. The van der Waals surface area contributed by atoms with Crippen molar-refractivity contribution in [3.63, 3.8) is 0 Å². The fourth-order valence-electron chi connectivity index (χ4n) is 2.30. The lowest BCUT2D eigenvalue weighted by Crippen LogP contribution is -2.24. The number of hydrogen-bond donors (Lipinski definition) is 3. The number of nitrogens with two attached hydrogens (primary N) is 1. The number of anilines is 1. The molecule has 0 bridgehead atoms. The maximum atomic E-state index is 12.1. The molecule has 14 heteroatoms. The number of nitrogen functional groups attached to an aromatic ring is 1. The van der Waals surface area contributed by atoms with Gasteiger partial charge in [0.1, 0.15) is 0 Å². The van der Waals surface area contributed by atoms with Crippen molar-refractivity contribution >= 4 is 23.3 Å². The molecule has 0 unspecified atom stereocenters. The Morgan fingerprint density at radius 3 is 2.69 bits per heavy atom. The Balaban J connectivity index is 1.56. The van der Waals surface area contributed by atoms with E-state index >= 15 is 0 Å².